The van der Waals surface area contributed by atoms with Crippen molar-refractivity contribution in [3.63, 3.8) is 0 Å². The van der Waals surface area contributed by atoms with Crippen LogP contribution in [-0.2, 0) is 0 Å². The molecule has 2 aromatic rings. The Hall–Kier alpha value is -1.56. The summed E-state index contributed by atoms with van der Waals surface area (Å²) in [6, 6.07) is 12.9. The molecule has 0 saturated heterocycles. The average Bonchev–Trinajstić information content (AvgIpc) is 2.39. The fourth-order valence-electron chi connectivity index (χ4n) is 1.89. The van der Waals surface area contributed by atoms with Gasteiger partial charge < -0.3 is 0 Å². The van der Waals surface area contributed by atoms with Gasteiger partial charge in [-0.05, 0) is 35.1 Å². The molecule has 16 heavy (non-hydrogen) atoms. The highest BCUT2D eigenvalue weighted by Crippen LogP contribution is 2.06. The zero-order chi connectivity index (χ0) is 12.0. The normalized spacial score (nSPS) is 12.5. The van der Waals surface area contributed by atoms with Crippen molar-refractivity contribution in [3.05, 3.63) is 46.8 Å². The lowest BCUT2D eigenvalue weighted by atomic mass is 10.1. The molecule has 0 aromatic heterocycles. The number of hydrogen-bond donors (Lipinski definition) is 0. The summed E-state index contributed by atoms with van der Waals surface area (Å²) in [4.78, 5) is 0. The maximum Gasteiger partial charge on any atom is -0.0109 e. The predicted octanol–water partition coefficient (Wildman–Crippen LogP) is 3.47. The van der Waals surface area contributed by atoms with E-state index in [1.807, 2.05) is 13.8 Å². The van der Waals surface area contributed by atoms with Gasteiger partial charge in [0.15, 0.2) is 0 Å². The molecular formula is C16H20. The molecule has 2 rings (SSSR count). The van der Waals surface area contributed by atoms with Gasteiger partial charge in [-0.25, -0.2) is 0 Å². The number of rotatable bonds is 0. The molecule has 0 saturated carbocycles. The van der Waals surface area contributed by atoms with Gasteiger partial charge in [0, 0.05) is 0 Å². The topological polar surface area (TPSA) is 0 Å². The number of fused-ring (bicyclic) bond motifs is 1. The highest BCUT2D eigenvalue weighted by molar-refractivity contribution is 5.83. The molecule has 2 aromatic carbocycles. The quantitative estimate of drug-likeness (QED) is 0.627. The average molecular weight is 212 g/mol. The van der Waals surface area contributed by atoms with Gasteiger partial charge in [0.2, 0.25) is 0 Å². The molecule has 0 N–H and O–H groups in total. The number of hydrogen-bond acceptors (Lipinski definition) is 0. The molecule has 0 aliphatic carbocycles. The summed E-state index contributed by atoms with van der Waals surface area (Å²) >= 11 is 0. The van der Waals surface area contributed by atoms with Crippen LogP contribution < -0.4 is 10.4 Å². The minimum atomic E-state index is 1.31. The highest BCUT2D eigenvalue weighted by atomic mass is 14.0. The Morgan fingerprint density at radius 2 is 1.50 bits per heavy atom. The van der Waals surface area contributed by atoms with Crippen LogP contribution in [0.25, 0.3) is 22.9 Å². The molecule has 0 heteroatoms. The van der Waals surface area contributed by atoms with Crippen LogP contribution in [0.2, 0.25) is 0 Å². The molecule has 0 fully saturated rings. The van der Waals surface area contributed by atoms with Crippen LogP contribution in [0.15, 0.2) is 36.4 Å². The van der Waals surface area contributed by atoms with Crippen molar-refractivity contribution >= 4 is 22.9 Å². The number of benzene rings is 2. The van der Waals surface area contributed by atoms with E-state index in [9.17, 15) is 0 Å². The second-order valence-corrected chi connectivity index (χ2v) is 3.37. The van der Waals surface area contributed by atoms with Crippen molar-refractivity contribution in [3.8, 4) is 0 Å². The molecule has 0 bridgehead atoms. The Labute approximate surface area is 97.9 Å². The second-order valence-electron chi connectivity index (χ2n) is 3.37. The van der Waals surface area contributed by atoms with Crippen LogP contribution in [0.4, 0.5) is 0 Å². The summed E-state index contributed by atoms with van der Waals surface area (Å²) < 4.78 is 0. The molecule has 0 aliphatic heterocycles. The van der Waals surface area contributed by atoms with Crippen molar-refractivity contribution in [1.82, 2.24) is 0 Å². The highest BCUT2D eigenvalue weighted by Gasteiger charge is 1.93. The van der Waals surface area contributed by atoms with Crippen molar-refractivity contribution in [2.24, 2.45) is 0 Å². The van der Waals surface area contributed by atoms with E-state index in [-0.39, 0.29) is 0 Å². The Balaban J connectivity index is 0.000000606. The molecule has 84 valence electrons. The fraction of sp³-hybridized carbons (Fsp3) is 0.250. The van der Waals surface area contributed by atoms with Crippen LogP contribution in [0, 0.1) is 0 Å². The van der Waals surface area contributed by atoms with Crippen LogP contribution in [0.3, 0.4) is 0 Å². The molecule has 0 aliphatic rings. The molecule has 0 unspecified atom stereocenters. The van der Waals surface area contributed by atoms with E-state index < -0.39 is 0 Å². The molecular weight excluding hydrogens is 192 g/mol. The lowest BCUT2D eigenvalue weighted by Gasteiger charge is -1.98. The summed E-state index contributed by atoms with van der Waals surface area (Å²) in [6.07, 6.45) is 4.33. The van der Waals surface area contributed by atoms with E-state index in [4.69, 9.17) is 0 Å². The van der Waals surface area contributed by atoms with Crippen molar-refractivity contribution < 1.29 is 0 Å². The Morgan fingerprint density at radius 3 is 2.12 bits per heavy atom. The Bertz CT molecular complexity index is 562. The van der Waals surface area contributed by atoms with E-state index in [1.165, 1.54) is 21.2 Å². The summed E-state index contributed by atoms with van der Waals surface area (Å²) in [5.74, 6) is 0. The molecule has 0 radical (unpaired) electrons. The van der Waals surface area contributed by atoms with E-state index in [2.05, 4.69) is 62.4 Å². The van der Waals surface area contributed by atoms with Gasteiger partial charge in [0.25, 0.3) is 0 Å². The van der Waals surface area contributed by atoms with Crippen LogP contribution in [0.5, 0.6) is 0 Å². The maximum absolute atomic E-state index is 2.18. The second kappa shape index (κ2) is 6.12. The zero-order valence-electron chi connectivity index (χ0n) is 10.6. The maximum atomic E-state index is 2.18. The lowest BCUT2D eigenvalue weighted by Crippen LogP contribution is -2.24. The van der Waals surface area contributed by atoms with E-state index in [0.29, 0.717) is 0 Å². The van der Waals surface area contributed by atoms with Gasteiger partial charge in [-0.15, -0.1) is 0 Å². The molecule has 0 spiro atoms. The predicted molar refractivity (Wildman–Crippen MR) is 74.8 cm³/mol. The molecule has 0 amide bonds. The first kappa shape index (κ1) is 12.5. The minimum absolute atomic E-state index is 1.31. The Morgan fingerprint density at radius 1 is 0.812 bits per heavy atom. The van der Waals surface area contributed by atoms with Gasteiger partial charge in [0.1, 0.15) is 0 Å². The zero-order valence-corrected chi connectivity index (χ0v) is 10.6. The summed E-state index contributed by atoms with van der Waals surface area (Å²) in [5, 5.41) is 5.30. The summed E-state index contributed by atoms with van der Waals surface area (Å²) in [6.45, 7) is 8.17. The van der Waals surface area contributed by atoms with E-state index >= 15 is 0 Å². The van der Waals surface area contributed by atoms with E-state index in [1.54, 1.807) is 0 Å². The van der Waals surface area contributed by atoms with Crippen LogP contribution in [-0.4, -0.2) is 0 Å². The molecule has 0 atom stereocenters. The van der Waals surface area contributed by atoms with Gasteiger partial charge in [-0.3, -0.25) is 0 Å². The molecule has 0 heterocycles. The lowest BCUT2D eigenvalue weighted by molar-refractivity contribution is 1.50. The first-order valence-corrected chi connectivity index (χ1v) is 5.97. The SMILES string of the molecule is C/C=c1/ccc2ccccc2/c1=C/C.CC. The van der Waals surface area contributed by atoms with Gasteiger partial charge in [0.05, 0.1) is 0 Å². The third kappa shape index (κ3) is 2.33. The minimum Gasteiger partial charge on any atom is -0.0798 e. The third-order valence-corrected chi connectivity index (χ3v) is 2.60. The fourth-order valence-corrected chi connectivity index (χ4v) is 1.89. The summed E-state index contributed by atoms with van der Waals surface area (Å²) in [7, 11) is 0. The monoisotopic (exact) mass is 212 g/mol. The first-order chi connectivity index (χ1) is 7.86. The largest absolute Gasteiger partial charge is 0.0798 e. The van der Waals surface area contributed by atoms with Gasteiger partial charge in [-0.2, -0.15) is 0 Å². The van der Waals surface area contributed by atoms with Crippen molar-refractivity contribution in [2.45, 2.75) is 27.7 Å². The molecule has 0 nitrogen and oxygen atoms in total. The Kier molecular flexibility index (Phi) is 4.78. The van der Waals surface area contributed by atoms with Crippen LogP contribution >= 0.6 is 0 Å². The summed E-state index contributed by atoms with van der Waals surface area (Å²) in [5.41, 5.74) is 0. The van der Waals surface area contributed by atoms with Crippen LogP contribution in [0.1, 0.15) is 27.7 Å². The van der Waals surface area contributed by atoms with Gasteiger partial charge in [-0.1, -0.05) is 62.4 Å². The van der Waals surface area contributed by atoms with Gasteiger partial charge >= 0.3 is 0 Å². The standard InChI is InChI=1S/C14H14.C2H6/c1-3-11-9-10-12-7-5-6-8-14(12)13(11)4-2;1-2/h3-10H,1-2H3;1-2H3/b11-3-,13-4+;. The smallest absolute Gasteiger partial charge is 0.0109 e. The van der Waals surface area contributed by atoms with E-state index in [0.717, 1.165) is 0 Å². The van der Waals surface area contributed by atoms with Crippen molar-refractivity contribution in [1.29, 1.82) is 0 Å². The van der Waals surface area contributed by atoms with Crippen molar-refractivity contribution in [2.75, 3.05) is 0 Å². The third-order valence-electron chi connectivity index (χ3n) is 2.60. The first-order valence-electron chi connectivity index (χ1n) is 5.97.